The lowest BCUT2D eigenvalue weighted by atomic mass is 9.94. The molecule has 0 saturated carbocycles. The van der Waals surface area contributed by atoms with Gasteiger partial charge in [-0.15, -0.1) is 0 Å². The fourth-order valence-corrected chi connectivity index (χ4v) is 2.66. The summed E-state index contributed by atoms with van der Waals surface area (Å²) in [6.07, 6.45) is 3.76. The Kier molecular flexibility index (Phi) is 5.41. The van der Waals surface area contributed by atoms with Crippen molar-refractivity contribution in [3.63, 3.8) is 0 Å². The first-order chi connectivity index (χ1) is 9.65. The van der Waals surface area contributed by atoms with Crippen LogP contribution in [-0.2, 0) is 11.2 Å². The Hall–Kier alpha value is -1.55. The Balaban J connectivity index is 1.67. The molecule has 0 spiro atoms. The molecule has 1 aliphatic heterocycles. The Morgan fingerprint density at radius 3 is 2.75 bits per heavy atom. The molecule has 0 unspecified atom stereocenters. The molecule has 1 aliphatic rings. The predicted molar refractivity (Wildman–Crippen MR) is 79.7 cm³/mol. The number of nitrogens with zero attached hydrogens (tertiary/aromatic N) is 1. The highest BCUT2D eigenvalue weighted by Gasteiger charge is 2.16. The molecule has 1 fully saturated rings. The molecule has 0 aromatic heterocycles. The summed E-state index contributed by atoms with van der Waals surface area (Å²) in [7, 11) is 2.16. The summed E-state index contributed by atoms with van der Waals surface area (Å²) in [5.74, 6) is 0.911. The number of carbonyl (C=O) groups excluding carboxylic acids is 1. The summed E-state index contributed by atoms with van der Waals surface area (Å²) in [5.41, 5.74) is 0.685. The lowest BCUT2D eigenvalue weighted by Crippen LogP contribution is -2.33. The zero-order valence-corrected chi connectivity index (χ0v) is 12.1. The third kappa shape index (κ3) is 4.53. The van der Waals surface area contributed by atoms with Crippen molar-refractivity contribution in [3.05, 3.63) is 29.8 Å². The summed E-state index contributed by atoms with van der Waals surface area (Å²) in [6.45, 7) is 3.06. The van der Waals surface area contributed by atoms with Crippen LogP contribution in [-0.4, -0.2) is 42.6 Å². The van der Waals surface area contributed by atoms with Crippen LogP contribution < -0.4 is 5.32 Å². The molecule has 1 saturated heterocycles. The highest BCUT2D eigenvalue weighted by atomic mass is 16.3. The maximum Gasteiger partial charge on any atom is 0.224 e. The van der Waals surface area contributed by atoms with Gasteiger partial charge in [0.2, 0.25) is 5.91 Å². The summed E-state index contributed by atoms with van der Waals surface area (Å²) < 4.78 is 0. The quantitative estimate of drug-likeness (QED) is 0.862. The molecule has 1 amide bonds. The molecule has 1 aromatic rings. The summed E-state index contributed by atoms with van der Waals surface area (Å²) in [6, 6.07) is 6.99. The standard InChI is InChI=1S/C16H24N2O2/c1-18-10-7-13(8-11-18)6-9-17-16(20)12-14-4-2-3-5-15(14)19/h2-5,13,19H,6-12H2,1H3,(H,17,20). The van der Waals surface area contributed by atoms with Crippen LogP contribution in [0.25, 0.3) is 0 Å². The van der Waals surface area contributed by atoms with E-state index in [1.165, 1.54) is 12.8 Å². The molecule has 1 aromatic carbocycles. The minimum atomic E-state index is -0.0144. The summed E-state index contributed by atoms with van der Waals surface area (Å²) >= 11 is 0. The first-order valence-electron chi connectivity index (χ1n) is 7.37. The smallest absolute Gasteiger partial charge is 0.224 e. The number of hydrogen-bond donors (Lipinski definition) is 2. The molecule has 0 radical (unpaired) electrons. The van der Waals surface area contributed by atoms with E-state index in [1.54, 1.807) is 18.2 Å². The SMILES string of the molecule is CN1CCC(CCNC(=O)Cc2ccccc2O)CC1. The van der Waals surface area contributed by atoms with Gasteiger partial charge in [0.05, 0.1) is 6.42 Å². The molecule has 2 N–H and O–H groups in total. The van der Waals surface area contributed by atoms with Gasteiger partial charge >= 0.3 is 0 Å². The van der Waals surface area contributed by atoms with E-state index in [0.29, 0.717) is 5.56 Å². The number of carbonyl (C=O) groups is 1. The second kappa shape index (κ2) is 7.29. The van der Waals surface area contributed by atoms with E-state index in [2.05, 4.69) is 17.3 Å². The molecule has 20 heavy (non-hydrogen) atoms. The Morgan fingerprint density at radius 2 is 2.05 bits per heavy atom. The highest BCUT2D eigenvalue weighted by molar-refractivity contribution is 5.79. The lowest BCUT2D eigenvalue weighted by molar-refractivity contribution is -0.120. The zero-order chi connectivity index (χ0) is 14.4. The van der Waals surface area contributed by atoms with Crippen molar-refractivity contribution < 1.29 is 9.90 Å². The first kappa shape index (κ1) is 14.9. The van der Waals surface area contributed by atoms with Gasteiger partial charge in [0.25, 0.3) is 0 Å². The molecule has 1 heterocycles. The van der Waals surface area contributed by atoms with Gasteiger partial charge in [-0.25, -0.2) is 0 Å². The number of phenols is 1. The average Bonchev–Trinajstić information content (AvgIpc) is 2.44. The number of likely N-dealkylation sites (tertiary alicyclic amines) is 1. The van der Waals surface area contributed by atoms with Gasteiger partial charge in [0.1, 0.15) is 5.75 Å². The monoisotopic (exact) mass is 276 g/mol. The summed E-state index contributed by atoms with van der Waals surface area (Å²) in [4.78, 5) is 14.2. The molecule has 4 heteroatoms. The number of phenolic OH excluding ortho intramolecular Hbond substituents is 1. The van der Waals surface area contributed by atoms with Crippen LogP contribution >= 0.6 is 0 Å². The second-order valence-electron chi connectivity index (χ2n) is 5.69. The van der Waals surface area contributed by atoms with Crippen molar-refractivity contribution in [3.8, 4) is 5.75 Å². The molecule has 0 bridgehead atoms. The van der Waals surface area contributed by atoms with Crippen molar-refractivity contribution in [2.24, 2.45) is 5.92 Å². The Labute approximate surface area is 120 Å². The Morgan fingerprint density at radius 1 is 1.35 bits per heavy atom. The third-order valence-electron chi connectivity index (χ3n) is 4.06. The van der Waals surface area contributed by atoms with Crippen molar-refractivity contribution in [2.45, 2.75) is 25.7 Å². The number of rotatable bonds is 5. The fourth-order valence-electron chi connectivity index (χ4n) is 2.66. The number of benzene rings is 1. The van der Waals surface area contributed by atoms with Crippen molar-refractivity contribution in [1.29, 1.82) is 0 Å². The number of para-hydroxylation sites is 1. The molecule has 4 nitrogen and oxygen atoms in total. The molecular formula is C16H24N2O2. The van der Waals surface area contributed by atoms with Crippen LogP contribution in [0.5, 0.6) is 5.75 Å². The van der Waals surface area contributed by atoms with Crippen molar-refractivity contribution >= 4 is 5.91 Å². The first-order valence-corrected chi connectivity index (χ1v) is 7.37. The lowest BCUT2D eigenvalue weighted by Gasteiger charge is -2.28. The fraction of sp³-hybridized carbons (Fsp3) is 0.562. The third-order valence-corrected chi connectivity index (χ3v) is 4.06. The van der Waals surface area contributed by atoms with Crippen LogP contribution in [0.15, 0.2) is 24.3 Å². The average molecular weight is 276 g/mol. The number of amides is 1. The number of piperidine rings is 1. The van der Waals surface area contributed by atoms with Crippen LogP contribution in [0.2, 0.25) is 0 Å². The Bertz CT molecular complexity index is 440. The van der Waals surface area contributed by atoms with Crippen LogP contribution in [0, 0.1) is 5.92 Å². The van der Waals surface area contributed by atoms with Crippen molar-refractivity contribution in [2.75, 3.05) is 26.7 Å². The van der Waals surface area contributed by atoms with Gasteiger partial charge in [-0.05, 0) is 51.4 Å². The maximum atomic E-state index is 11.8. The van der Waals surface area contributed by atoms with Gasteiger partial charge in [-0.1, -0.05) is 18.2 Å². The van der Waals surface area contributed by atoms with Crippen molar-refractivity contribution in [1.82, 2.24) is 10.2 Å². The van der Waals surface area contributed by atoms with E-state index in [4.69, 9.17) is 0 Å². The molecule has 0 aliphatic carbocycles. The summed E-state index contributed by atoms with van der Waals surface area (Å²) in [5, 5.41) is 12.6. The van der Waals surface area contributed by atoms with Gasteiger partial charge < -0.3 is 15.3 Å². The topological polar surface area (TPSA) is 52.6 Å². The zero-order valence-electron chi connectivity index (χ0n) is 12.1. The largest absolute Gasteiger partial charge is 0.508 e. The maximum absolute atomic E-state index is 11.8. The van der Waals surface area contributed by atoms with E-state index < -0.39 is 0 Å². The van der Waals surface area contributed by atoms with Gasteiger partial charge in [0.15, 0.2) is 0 Å². The van der Waals surface area contributed by atoms with Gasteiger partial charge in [-0.2, -0.15) is 0 Å². The molecule has 0 atom stereocenters. The van der Waals surface area contributed by atoms with Crippen LogP contribution in [0.4, 0.5) is 0 Å². The second-order valence-corrected chi connectivity index (χ2v) is 5.69. The molecule has 110 valence electrons. The van der Waals surface area contributed by atoms with Crippen LogP contribution in [0.1, 0.15) is 24.8 Å². The van der Waals surface area contributed by atoms with E-state index in [0.717, 1.165) is 32.0 Å². The normalized spacial score (nSPS) is 17.1. The van der Waals surface area contributed by atoms with Gasteiger partial charge in [0, 0.05) is 12.1 Å². The number of aromatic hydroxyl groups is 1. The van der Waals surface area contributed by atoms with Gasteiger partial charge in [-0.3, -0.25) is 4.79 Å². The van der Waals surface area contributed by atoms with Crippen LogP contribution in [0.3, 0.4) is 0 Å². The van der Waals surface area contributed by atoms with E-state index in [1.807, 2.05) is 6.07 Å². The minimum Gasteiger partial charge on any atom is -0.508 e. The highest BCUT2D eigenvalue weighted by Crippen LogP contribution is 2.19. The van der Waals surface area contributed by atoms with E-state index in [9.17, 15) is 9.90 Å². The minimum absolute atomic E-state index is 0.0144. The number of hydrogen-bond acceptors (Lipinski definition) is 3. The predicted octanol–water partition coefficient (Wildman–Crippen LogP) is 1.78. The molecule has 2 rings (SSSR count). The van der Waals surface area contributed by atoms with E-state index in [-0.39, 0.29) is 18.1 Å². The number of nitrogens with one attached hydrogen (secondary N) is 1. The van der Waals surface area contributed by atoms with E-state index >= 15 is 0 Å². The molecular weight excluding hydrogens is 252 g/mol.